The Balaban J connectivity index is 2.11. The first-order valence-corrected chi connectivity index (χ1v) is 9.33. The zero-order valence-corrected chi connectivity index (χ0v) is 15.8. The highest BCUT2D eigenvalue weighted by molar-refractivity contribution is 5.57. The van der Waals surface area contributed by atoms with Gasteiger partial charge in [0.1, 0.15) is 0 Å². The van der Waals surface area contributed by atoms with Crippen molar-refractivity contribution in [2.24, 2.45) is 11.3 Å². The molecule has 1 aromatic rings. The fraction of sp³-hybridized carbons (Fsp3) is 0.714. The Morgan fingerprint density at radius 1 is 1.25 bits per heavy atom. The lowest BCUT2D eigenvalue weighted by molar-refractivity contribution is -0.102. The summed E-state index contributed by atoms with van der Waals surface area (Å²) in [5.41, 5.74) is 2.59. The van der Waals surface area contributed by atoms with E-state index in [9.17, 15) is 10.2 Å². The molecule has 1 aromatic carbocycles. The summed E-state index contributed by atoms with van der Waals surface area (Å²) in [4.78, 5) is 0. The van der Waals surface area contributed by atoms with Crippen LogP contribution in [0.2, 0.25) is 0 Å². The van der Waals surface area contributed by atoms with Gasteiger partial charge in [-0.25, -0.2) is 0 Å². The van der Waals surface area contributed by atoms with Crippen molar-refractivity contribution in [1.82, 2.24) is 0 Å². The summed E-state index contributed by atoms with van der Waals surface area (Å²) < 4.78 is 5.52. The van der Waals surface area contributed by atoms with Crippen molar-refractivity contribution in [2.45, 2.75) is 77.7 Å². The molecule has 0 heterocycles. The molecule has 0 amide bonds. The second-order valence-electron chi connectivity index (χ2n) is 8.85. The summed E-state index contributed by atoms with van der Waals surface area (Å²) in [6.07, 6.45) is 5.49. The molecular formula is C21H32O3. The summed E-state index contributed by atoms with van der Waals surface area (Å²) in [5.74, 6) is 1.40. The van der Waals surface area contributed by atoms with Crippen LogP contribution in [0.1, 0.15) is 76.0 Å². The maximum atomic E-state index is 11.5. The molecule has 24 heavy (non-hydrogen) atoms. The van der Waals surface area contributed by atoms with E-state index in [4.69, 9.17) is 4.74 Å². The molecule has 0 unspecified atom stereocenters. The number of aryl methyl sites for hydroxylation is 1. The number of methoxy groups -OCH3 is 1. The Kier molecular flexibility index (Phi) is 4.36. The molecule has 2 N–H and O–H groups in total. The third kappa shape index (κ3) is 2.71. The minimum absolute atomic E-state index is 0.148. The largest absolute Gasteiger partial charge is 0.504 e. The van der Waals surface area contributed by atoms with E-state index in [1.165, 1.54) is 12.0 Å². The fourth-order valence-corrected chi connectivity index (χ4v) is 5.23. The first-order valence-electron chi connectivity index (χ1n) is 9.33. The Morgan fingerprint density at radius 3 is 2.58 bits per heavy atom. The van der Waals surface area contributed by atoms with Gasteiger partial charge in [-0.15, -0.1) is 0 Å². The van der Waals surface area contributed by atoms with Crippen LogP contribution in [0, 0.1) is 11.3 Å². The van der Waals surface area contributed by atoms with Crippen LogP contribution < -0.4 is 4.74 Å². The average molecular weight is 332 g/mol. The third-order valence-electron chi connectivity index (χ3n) is 6.51. The number of aromatic hydroxyl groups is 1. The van der Waals surface area contributed by atoms with Gasteiger partial charge in [-0.3, -0.25) is 0 Å². The number of phenols is 1. The Hall–Kier alpha value is -1.22. The van der Waals surface area contributed by atoms with E-state index in [1.807, 2.05) is 0 Å². The SMILES string of the molecule is COc1c(C(C)C)cc2c(c1O)C[C@@]1(O)CCCC(C)(C)[C@H]1CC2. The highest BCUT2D eigenvalue weighted by atomic mass is 16.5. The second kappa shape index (κ2) is 5.94. The molecule has 1 saturated carbocycles. The number of fused-ring (bicyclic) bond motifs is 2. The number of phenolic OH excluding ortho intramolecular Hbond substituents is 1. The zero-order chi connectivity index (χ0) is 17.7. The van der Waals surface area contributed by atoms with Gasteiger partial charge in [-0.1, -0.05) is 40.2 Å². The van der Waals surface area contributed by atoms with Crippen LogP contribution in [0.4, 0.5) is 0 Å². The lowest BCUT2D eigenvalue weighted by atomic mass is 9.59. The van der Waals surface area contributed by atoms with Gasteiger partial charge in [0.25, 0.3) is 0 Å². The number of benzene rings is 1. The Bertz CT molecular complexity index is 632. The smallest absolute Gasteiger partial charge is 0.164 e. The van der Waals surface area contributed by atoms with Crippen molar-refractivity contribution < 1.29 is 14.9 Å². The van der Waals surface area contributed by atoms with Gasteiger partial charge >= 0.3 is 0 Å². The fourth-order valence-electron chi connectivity index (χ4n) is 5.23. The lowest BCUT2D eigenvalue weighted by Gasteiger charge is -2.49. The molecule has 2 atom stereocenters. The topological polar surface area (TPSA) is 49.7 Å². The number of rotatable bonds is 2. The van der Waals surface area contributed by atoms with E-state index in [0.29, 0.717) is 18.1 Å². The van der Waals surface area contributed by atoms with Crippen molar-refractivity contribution in [3.63, 3.8) is 0 Å². The van der Waals surface area contributed by atoms with Crippen molar-refractivity contribution in [1.29, 1.82) is 0 Å². The highest BCUT2D eigenvalue weighted by Crippen LogP contribution is 2.53. The van der Waals surface area contributed by atoms with Gasteiger partial charge in [0.15, 0.2) is 11.5 Å². The normalized spacial score (nSPS) is 28.9. The van der Waals surface area contributed by atoms with E-state index in [-0.39, 0.29) is 17.1 Å². The first-order chi connectivity index (χ1) is 11.2. The summed E-state index contributed by atoms with van der Waals surface area (Å²) in [6.45, 7) is 8.82. The molecule has 1 fully saturated rings. The van der Waals surface area contributed by atoms with Crippen LogP contribution in [0.5, 0.6) is 11.5 Å². The number of hydrogen-bond donors (Lipinski definition) is 2. The Morgan fingerprint density at radius 2 is 1.96 bits per heavy atom. The molecule has 0 aliphatic heterocycles. The molecule has 0 radical (unpaired) electrons. The lowest BCUT2D eigenvalue weighted by Crippen LogP contribution is -2.50. The van der Waals surface area contributed by atoms with Crippen molar-refractivity contribution in [3.8, 4) is 11.5 Å². The molecule has 0 saturated heterocycles. The zero-order valence-electron chi connectivity index (χ0n) is 15.8. The molecule has 0 spiro atoms. The van der Waals surface area contributed by atoms with E-state index in [0.717, 1.165) is 36.8 Å². The molecule has 3 rings (SSSR count). The summed E-state index contributed by atoms with van der Waals surface area (Å²) in [6, 6.07) is 2.20. The Labute approximate surface area is 146 Å². The maximum absolute atomic E-state index is 11.5. The second-order valence-corrected chi connectivity index (χ2v) is 8.85. The molecule has 3 nitrogen and oxygen atoms in total. The monoisotopic (exact) mass is 332 g/mol. The van der Waals surface area contributed by atoms with E-state index in [2.05, 4.69) is 33.8 Å². The summed E-state index contributed by atoms with van der Waals surface area (Å²) in [7, 11) is 1.62. The first kappa shape index (κ1) is 17.6. The van der Waals surface area contributed by atoms with Crippen LogP contribution >= 0.6 is 0 Å². The molecule has 2 aliphatic rings. The van der Waals surface area contributed by atoms with Crippen LogP contribution in [-0.2, 0) is 12.8 Å². The van der Waals surface area contributed by atoms with Gasteiger partial charge in [0.05, 0.1) is 12.7 Å². The maximum Gasteiger partial charge on any atom is 0.164 e. The number of ether oxygens (including phenoxy) is 1. The molecule has 134 valence electrons. The van der Waals surface area contributed by atoms with Crippen LogP contribution in [-0.4, -0.2) is 22.9 Å². The highest BCUT2D eigenvalue weighted by Gasteiger charge is 2.49. The van der Waals surface area contributed by atoms with Gasteiger partial charge in [-0.05, 0) is 48.5 Å². The minimum Gasteiger partial charge on any atom is -0.504 e. The van der Waals surface area contributed by atoms with Crippen molar-refractivity contribution in [2.75, 3.05) is 7.11 Å². The average Bonchev–Trinajstić information content (AvgIpc) is 2.64. The van der Waals surface area contributed by atoms with Crippen LogP contribution in [0.25, 0.3) is 0 Å². The summed E-state index contributed by atoms with van der Waals surface area (Å²) >= 11 is 0. The predicted octanol–water partition coefficient (Wildman–Crippen LogP) is 4.57. The minimum atomic E-state index is -0.713. The quantitative estimate of drug-likeness (QED) is 0.834. The van der Waals surface area contributed by atoms with Crippen molar-refractivity contribution in [3.05, 3.63) is 22.8 Å². The molecule has 0 aromatic heterocycles. The van der Waals surface area contributed by atoms with Gasteiger partial charge in [0, 0.05) is 17.5 Å². The standard InChI is InChI=1S/C21H32O3/c1-13(2)15-11-14-7-8-17-20(3,4)9-6-10-21(17,23)12-16(14)18(22)19(15)24-5/h11,13,17,22-23H,6-10,12H2,1-5H3/t17-,21+/m1/s1. The van der Waals surface area contributed by atoms with E-state index < -0.39 is 5.60 Å². The molecular weight excluding hydrogens is 300 g/mol. The molecule has 2 aliphatic carbocycles. The van der Waals surface area contributed by atoms with E-state index in [1.54, 1.807) is 7.11 Å². The van der Waals surface area contributed by atoms with E-state index >= 15 is 0 Å². The third-order valence-corrected chi connectivity index (χ3v) is 6.51. The molecule has 0 bridgehead atoms. The summed E-state index contributed by atoms with van der Waals surface area (Å²) in [5, 5.41) is 22.4. The number of hydrogen-bond acceptors (Lipinski definition) is 3. The van der Waals surface area contributed by atoms with Crippen molar-refractivity contribution >= 4 is 0 Å². The van der Waals surface area contributed by atoms with Gasteiger partial charge < -0.3 is 14.9 Å². The predicted molar refractivity (Wildman–Crippen MR) is 96.8 cm³/mol. The number of aliphatic hydroxyl groups is 1. The van der Waals surface area contributed by atoms with Gasteiger partial charge in [0.2, 0.25) is 0 Å². The van der Waals surface area contributed by atoms with Gasteiger partial charge in [-0.2, -0.15) is 0 Å². The van der Waals surface area contributed by atoms with Crippen LogP contribution in [0.3, 0.4) is 0 Å². The van der Waals surface area contributed by atoms with Crippen LogP contribution in [0.15, 0.2) is 6.07 Å². The molecule has 3 heteroatoms.